The zero-order valence-electron chi connectivity index (χ0n) is 15.0. The van der Waals surface area contributed by atoms with Crippen LogP contribution in [0.15, 0.2) is 17.5 Å². The van der Waals surface area contributed by atoms with Gasteiger partial charge in [0.1, 0.15) is 12.1 Å². The minimum Gasteiger partial charge on any atom is -0.480 e. The van der Waals surface area contributed by atoms with Gasteiger partial charge in [0, 0.05) is 24.9 Å². The van der Waals surface area contributed by atoms with Crippen LogP contribution in [0.1, 0.15) is 25.5 Å². The second kappa shape index (κ2) is 10.8. The molecule has 0 radical (unpaired) electrons. The van der Waals surface area contributed by atoms with E-state index < -0.39 is 35.9 Å². The minimum absolute atomic E-state index is 0.0934. The van der Waals surface area contributed by atoms with E-state index in [1.54, 1.807) is 0 Å². The molecule has 3 atom stereocenters. The zero-order chi connectivity index (χ0) is 20.4. The number of nitrogens with zero attached hydrogens (tertiary/aromatic N) is 2. The van der Waals surface area contributed by atoms with Crippen molar-refractivity contribution >= 4 is 23.7 Å². The molecule has 0 aliphatic heterocycles. The predicted octanol–water partition coefficient (Wildman–Crippen LogP) is -2.59. The van der Waals surface area contributed by atoms with Gasteiger partial charge >= 0.3 is 5.97 Å². The van der Waals surface area contributed by atoms with E-state index in [0.717, 1.165) is 0 Å². The molecule has 1 rings (SSSR count). The molecule has 1 heterocycles. The van der Waals surface area contributed by atoms with Gasteiger partial charge in [-0.3, -0.25) is 14.6 Å². The third kappa shape index (κ3) is 8.18. The predicted molar refractivity (Wildman–Crippen MR) is 97.3 cm³/mol. The number of nitrogens with one attached hydrogen (secondary N) is 3. The molecule has 10 N–H and O–H groups in total. The van der Waals surface area contributed by atoms with Gasteiger partial charge in [-0.05, 0) is 19.8 Å². The Hall–Kier alpha value is -3.15. The lowest BCUT2D eigenvalue weighted by Gasteiger charge is -2.22. The lowest BCUT2D eigenvalue weighted by molar-refractivity contribution is -0.142. The Bertz CT molecular complexity index is 655. The quantitative estimate of drug-likeness (QED) is 0.122. The van der Waals surface area contributed by atoms with Gasteiger partial charge in [0.15, 0.2) is 5.96 Å². The number of hydrogen-bond acceptors (Lipinski definition) is 6. The van der Waals surface area contributed by atoms with E-state index in [1.807, 2.05) is 0 Å². The topological polar surface area (TPSA) is 215 Å². The average Bonchev–Trinajstić information content (AvgIpc) is 3.09. The number of amides is 2. The van der Waals surface area contributed by atoms with Gasteiger partial charge in [-0.15, -0.1) is 0 Å². The van der Waals surface area contributed by atoms with Crippen LogP contribution in [-0.2, 0) is 20.8 Å². The largest absolute Gasteiger partial charge is 0.480 e. The highest BCUT2D eigenvalue weighted by atomic mass is 16.4. The lowest BCUT2D eigenvalue weighted by Crippen LogP contribution is -2.54. The third-order valence-corrected chi connectivity index (χ3v) is 3.59. The molecule has 1 aromatic rings. The molecule has 12 nitrogen and oxygen atoms in total. The fraction of sp³-hybridized carbons (Fsp3) is 0.533. The molecule has 0 saturated carbocycles. The summed E-state index contributed by atoms with van der Waals surface area (Å²) in [5, 5.41) is 14.2. The van der Waals surface area contributed by atoms with Gasteiger partial charge in [0.2, 0.25) is 11.8 Å². The third-order valence-electron chi connectivity index (χ3n) is 3.59. The number of aromatic nitrogens is 2. The van der Waals surface area contributed by atoms with E-state index in [-0.39, 0.29) is 25.3 Å². The molecule has 0 aliphatic carbocycles. The minimum atomic E-state index is -1.20. The normalized spacial score (nSPS) is 13.9. The van der Waals surface area contributed by atoms with Crippen molar-refractivity contribution in [1.82, 2.24) is 20.6 Å². The summed E-state index contributed by atoms with van der Waals surface area (Å²) in [6, 6.07) is -2.98. The number of nitrogens with two attached hydrogens (primary N) is 3. The SMILES string of the molecule is C[C@H](N)C(=O)N[C@@H](Cc1cnc[nH]1)C(=O)N[C@@H](CCCN=C(N)N)C(=O)O. The van der Waals surface area contributed by atoms with Crippen LogP contribution in [0.3, 0.4) is 0 Å². The highest BCUT2D eigenvalue weighted by molar-refractivity contribution is 5.91. The van der Waals surface area contributed by atoms with Crippen LogP contribution in [0.2, 0.25) is 0 Å². The van der Waals surface area contributed by atoms with E-state index in [9.17, 15) is 19.5 Å². The molecule has 1 aromatic heterocycles. The number of guanidine groups is 1. The maximum absolute atomic E-state index is 12.6. The van der Waals surface area contributed by atoms with Crippen molar-refractivity contribution in [1.29, 1.82) is 0 Å². The highest BCUT2D eigenvalue weighted by Gasteiger charge is 2.27. The first-order valence-electron chi connectivity index (χ1n) is 8.32. The van der Waals surface area contributed by atoms with Crippen molar-refractivity contribution < 1.29 is 19.5 Å². The summed E-state index contributed by atoms with van der Waals surface area (Å²) in [4.78, 5) is 46.3. The number of carboxylic acids is 1. The number of carboxylic acid groups (broad SMARTS) is 1. The van der Waals surface area contributed by atoms with Crippen molar-refractivity contribution in [3.8, 4) is 0 Å². The average molecular weight is 382 g/mol. The maximum Gasteiger partial charge on any atom is 0.326 e. The Labute approximate surface area is 156 Å². The molecule has 12 heteroatoms. The van der Waals surface area contributed by atoms with Crippen LogP contribution in [-0.4, -0.2) is 63.5 Å². The van der Waals surface area contributed by atoms with Gasteiger partial charge in [-0.2, -0.15) is 0 Å². The molecular formula is C15H26N8O4. The van der Waals surface area contributed by atoms with Crippen LogP contribution in [0.25, 0.3) is 0 Å². The first kappa shape index (κ1) is 21.9. The highest BCUT2D eigenvalue weighted by Crippen LogP contribution is 2.03. The summed E-state index contributed by atoms with van der Waals surface area (Å²) in [5.41, 5.74) is 16.5. The monoisotopic (exact) mass is 382 g/mol. The standard InChI is InChI=1S/C15H26N8O4/c1-8(16)12(24)23-11(5-9-6-19-7-21-9)13(25)22-10(14(26)27)3-2-4-20-15(17)18/h6-8,10-11H,2-5,16H2,1H3,(H,19,21)(H,22,25)(H,23,24)(H,26,27)(H4,17,18,20)/t8-,10-,11-/m0/s1. The molecule has 27 heavy (non-hydrogen) atoms. The number of hydrogen-bond donors (Lipinski definition) is 7. The number of carbonyl (C=O) groups excluding carboxylic acids is 2. The molecule has 0 fully saturated rings. The summed E-state index contributed by atoms with van der Waals surface area (Å²) in [7, 11) is 0. The van der Waals surface area contributed by atoms with E-state index in [4.69, 9.17) is 17.2 Å². The maximum atomic E-state index is 12.6. The molecule has 150 valence electrons. The Morgan fingerprint density at radius 3 is 2.44 bits per heavy atom. The Morgan fingerprint density at radius 1 is 1.26 bits per heavy atom. The molecule has 0 saturated heterocycles. The van der Waals surface area contributed by atoms with Crippen LogP contribution < -0.4 is 27.8 Å². The molecule has 2 amide bonds. The Kier molecular flexibility index (Phi) is 8.72. The van der Waals surface area contributed by atoms with E-state index in [2.05, 4.69) is 25.6 Å². The van der Waals surface area contributed by atoms with Crippen molar-refractivity contribution in [3.05, 3.63) is 18.2 Å². The summed E-state index contributed by atoms with van der Waals surface area (Å²) < 4.78 is 0. The number of imidazole rings is 1. The van der Waals surface area contributed by atoms with E-state index in [0.29, 0.717) is 12.1 Å². The number of H-pyrrole nitrogens is 1. The number of aromatic amines is 1. The first-order valence-corrected chi connectivity index (χ1v) is 8.32. The van der Waals surface area contributed by atoms with Crippen molar-refractivity contribution in [3.63, 3.8) is 0 Å². The molecule has 0 spiro atoms. The second-order valence-electron chi connectivity index (χ2n) is 5.98. The fourth-order valence-electron chi connectivity index (χ4n) is 2.16. The van der Waals surface area contributed by atoms with Gasteiger partial charge in [0.25, 0.3) is 0 Å². The summed E-state index contributed by atoms with van der Waals surface area (Å²) in [6.45, 7) is 1.71. The fourth-order valence-corrected chi connectivity index (χ4v) is 2.16. The number of rotatable bonds is 11. The number of carbonyl (C=O) groups is 3. The summed E-state index contributed by atoms with van der Waals surface area (Å²) in [6.07, 6.45) is 3.51. The molecule has 0 aromatic carbocycles. The van der Waals surface area contributed by atoms with E-state index in [1.165, 1.54) is 19.4 Å². The smallest absolute Gasteiger partial charge is 0.326 e. The molecular weight excluding hydrogens is 356 g/mol. The van der Waals surface area contributed by atoms with Gasteiger partial charge in [0.05, 0.1) is 12.4 Å². The van der Waals surface area contributed by atoms with Crippen LogP contribution in [0, 0.1) is 0 Å². The Morgan fingerprint density at radius 2 is 1.93 bits per heavy atom. The zero-order valence-corrected chi connectivity index (χ0v) is 15.0. The van der Waals surface area contributed by atoms with Crippen LogP contribution in [0.5, 0.6) is 0 Å². The van der Waals surface area contributed by atoms with Crippen molar-refractivity contribution in [2.75, 3.05) is 6.54 Å². The Balaban J connectivity index is 2.76. The summed E-state index contributed by atoms with van der Waals surface area (Å²) in [5.74, 6) is -2.47. The van der Waals surface area contributed by atoms with Gasteiger partial charge in [-0.1, -0.05) is 0 Å². The van der Waals surface area contributed by atoms with Gasteiger partial charge in [-0.25, -0.2) is 9.78 Å². The van der Waals surface area contributed by atoms with Gasteiger partial charge < -0.3 is 37.9 Å². The van der Waals surface area contributed by atoms with Crippen molar-refractivity contribution in [2.45, 2.75) is 44.3 Å². The van der Waals surface area contributed by atoms with E-state index >= 15 is 0 Å². The number of aliphatic carboxylic acids is 1. The van der Waals surface area contributed by atoms with Crippen LogP contribution in [0.4, 0.5) is 0 Å². The lowest BCUT2D eigenvalue weighted by atomic mass is 10.1. The summed E-state index contributed by atoms with van der Waals surface area (Å²) >= 11 is 0. The second-order valence-corrected chi connectivity index (χ2v) is 5.98. The first-order chi connectivity index (χ1) is 12.7. The molecule has 0 unspecified atom stereocenters. The molecule has 0 bridgehead atoms. The van der Waals surface area contributed by atoms with Crippen molar-refractivity contribution in [2.24, 2.45) is 22.2 Å². The van der Waals surface area contributed by atoms with Crippen LogP contribution >= 0.6 is 0 Å². The molecule has 0 aliphatic rings. The number of aliphatic imine (C=N–C) groups is 1.